The summed E-state index contributed by atoms with van der Waals surface area (Å²) in [5.41, 5.74) is 3.14. The molecule has 1 aliphatic rings. The third-order valence-electron chi connectivity index (χ3n) is 4.19. The molecule has 24 heavy (non-hydrogen) atoms. The summed E-state index contributed by atoms with van der Waals surface area (Å²) in [7, 11) is 0. The van der Waals surface area contributed by atoms with E-state index in [1.54, 1.807) is 12.1 Å². The molecule has 1 aliphatic heterocycles. The number of rotatable bonds is 3. The maximum atomic E-state index is 13.0. The van der Waals surface area contributed by atoms with Gasteiger partial charge in [-0.3, -0.25) is 14.5 Å². The molecule has 1 N–H and O–H groups in total. The zero-order valence-corrected chi connectivity index (χ0v) is 13.3. The number of amides is 2. The highest BCUT2D eigenvalue weighted by atomic mass is 19.1. The first-order valence-corrected chi connectivity index (χ1v) is 7.50. The summed E-state index contributed by atoms with van der Waals surface area (Å²) in [6, 6.07) is 10.8. The molecule has 0 spiro atoms. The third-order valence-corrected chi connectivity index (χ3v) is 4.19. The molecule has 0 aromatic heterocycles. The SMILES string of the molecule is Cc1ccc(C2=C(O)C(=O)N(Cc3ccc(F)cc3)C2=O)cc1C. The number of hydrogen-bond donors (Lipinski definition) is 1. The highest BCUT2D eigenvalue weighted by Gasteiger charge is 2.39. The van der Waals surface area contributed by atoms with Crippen molar-refractivity contribution in [3.63, 3.8) is 0 Å². The first-order chi connectivity index (χ1) is 11.4. The Morgan fingerprint density at radius 3 is 2.25 bits per heavy atom. The standard InChI is InChI=1S/C19H16FNO3/c1-11-3-6-14(9-12(11)2)16-17(22)19(24)21(18(16)23)10-13-4-7-15(20)8-5-13/h3-9,22H,10H2,1-2H3. The molecular formula is C19H16FNO3. The quantitative estimate of drug-likeness (QED) is 0.881. The molecule has 0 radical (unpaired) electrons. The molecule has 0 atom stereocenters. The normalized spacial score (nSPS) is 14.7. The number of aliphatic hydroxyl groups excluding tert-OH is 1. The van der Waals surface area contributed by atoms with Gasteiger partial charge in [0.25, 0.3) is 11.8 Å². The van der Waals surface area contributed by atoms with Gasteiger partial charge in [-0.05, 0) is 48.2 Å². The second-order valence-electron chi connectivity index (χ2n) is 5.85. The average molecular weight is 325 g/mol. The van der Waals surface area contributed by atoms with Gasteiger partial charge in [-0.1, -0.05) is 30.3 Å². The first-order valence-electron chi connectivity index (χ1n) is 7.50. The molecule has 0 saturated carbocycles. The van der Waals surface area contributed by atoms with Crippen molar-refractivity contribution >= 4 is 17.4 Å². The van der Waals surface area contributed by atoms with E-state index in [0.29, 0.717) is 11.1 Å². The van der Waals surface area contributed by atoms with Crippen molar-refractivity contribution in [2.75, 3.05) is 0 Å². The van der Waals surface area contributed by atoms with Crippen LogP contribution >= 0.6 is 0 Å². The number of nitrogens with zero attached hydrogens (tertiary/aromatic N) is 1. The molecule has 2 aromatic rings. The van der Waals surface area contributed by atoms with Crippen LogP contribution in [0.2, 0.25) is 0 Å². The summed E-state index contributed by atoms with van der Waals surface area (Å²) >= 11 is 0. The Bertz CT molecular complexity index is 869. The predicted octanol–water partition coefficient (Wildman–Crippen LogP) is 3.28. The van der Waals surface area contributed by atoms with E-state index in [0.717, 1.165) is 16.0 Å². The van der Waals surface area contributed by atoms with Crippen molar-refractivity contribution in [3.05, 3.63) is 76.3 Å². The number of hydrogen-bond acceptors (Lipinski definition) is 3. The van der Waals surface area contributed by atoms with Crippen LogP contribution in [-0.4, -0.2) is 21.8 Å². The van der Waals surface area contributed by atoms with Gasteiger partial charge in [-0.2, -0.15) is 0 Å². The van der Waals surface area contributed by atoms with Gasteiger partial charge in [0.2, 0.25) is 0 Å². The Hall–Kier alpha value is -2.95. The molecule has 0 unspecified atom stereocenters. The van der Waals surface area contributed by atoms with E-state index in [1.807, 2.05) is 19.9 Å². The van der Waals surface area contributed by atoms with Gasteiger partial charge >= 0.3 is 0 Å². The van der Waals surface area contributed by atoms with E-state index in [1.165, 1.54) is 24.3 Å². The highest BCUT2D eigenvalue weighted by molar-refractivity contribution is 6.34. The minimum absolute atomic E-state index is 0.00483. The van der Waals surface area contributed by atoms with E-state index >= 15 is 0 Å². The molecule has 4 nitrogen and oxygen atoms in total. The summed E-state index contributed by atoms with van der Waals surface area (Å²) in [4.78, 5) is 25.8. The van der Waals surface area contributed by atoms with Crippen molar-refractivity contribution in [2.24, 2.45) is 0 Å². The number of imide groups is 1. The zero-order chi connectivity index (χ0) is 17.4. The lowest BCUT2D eigenvalue weighted by Crippen LogP contribution is -2.31. The van der Waals surface area contributed by atoms with E-state index in [4.69, 9.17) is 0 Å². The monoisotopic (exact) mass is 325 g/mol. The van der Waals surface area contributed by atoms with Crippen molar-refractivity contribution < 1.29 is 19.1 Å². The van der Waals surface area contributed by atoms with Crippen LogP contribution in [0.4, 0.5) is 4.39 Å². The Morgan fingerprint density at radius 1 is 0.958 bits per heavy atom. The van der Waals surface area contributed by atoms with E-state index in [2.05, 4.69) is 0 Å². The lowest BCUT2D eigenvalue weighted by molar-refractivity contribution is -0.138. The van der Waals surface area contributed by atoms with Crippen molar-refractivity contribution in [2.45, 2.75) is 20.4 Å². The van der Waals surface area contributed by atoms with Gasteiger partial charge in [0.15, 0.2) is 5.76 Å². The maximum Gasteiger partial charge on any atom is 0.296 e. The van der Waals surface area contributed by atoms with Crippen LogP contribution in [0.3, 0.4) is 0 Å². The molecule has 1 heterocycles. The molecule has 0 saturated heterocycles. The van der Waals surface area contributed by atoms with Gasteiger partial charge in [0.05, 0.1) is 12.1 Å². The van der Waals surface area contributed by atoms with Crippen molar-refractivity contribution in [1.29, 1.82) is 0 Å². The zero-order valence-electron chi connectivity index (χ0n) is 13.3. The van der Waals surface area contributed by atoms with Gasteiger partial charge in [-0.15, -0.1) is 0 Å². The maximum absolute atomic E-state index is 13.0. The van der Waals surface area contributed by atoms with Crippen LogP contribution in [0.1, 0.15) is 22.3 Å². The van der Waals surface area contributed by atoms with Crippen LogP contribution in [0.5, 0.6) is 0 Å². The molecule has 0 fully saturated rings. The molecular weight excluding hydrogens is 309 g/mol. The minimum atomic E-state index is -0.738. The van der Waals surface area contributed by atoms with E-state index in [-0.39, 0.29) is 12.1 Å². The molecule has 122 valence electrons. The van der Waals surface area contributed by atoms with Gasteiger partial charge in [-0.25, -0.2) is 4.39 Å². The molecule has 0 aliphatic carbocycles. The highest BCUT2D eigenvalue weighted by Crippen LogP contribution is 2.30. The lowest BCUT2D eigenvalue weighted by atomic mass is 10.00. The smallest absolute Gasteiger partial charge is 0.296 e. The van der Waals surface area contributed by atoms with Crippen LogP contribution in [0, 0.1) is 19.7 Å². The summed E-state index contributed by atoms with van der Waals surface area (Å²) in [5, 5.41) is 10.1. The van der Waals surface area contributed by atoms with Gasteiger partial charge < -0.3 is 5.11 Å². The first kappa shape index (κ1) is 15.9. The fourth-order valence-electron chi connectivity index (χ4n) is 2.64. The van der Waals surface area contributed by atoms with Crippen LogP contribution in [-0.2, 0) is 16.1 Å². The number of carbonyl (C=O) groups is 2. The van der Waals surface area contributed by atoms with Crippen LogP contribution < -0.4 is 0 Å². The average Bonchev–Trinajstić information content (AvgIpc) is 2.76. The number of carbonyl (C=O) groups excluding carboxylic acids is 2. The fraction of sp³-hybridized carbons (Fsp3) is 0.158. The third kappa shape index (κ3) is 2.69. The number of benzene rings is 2. The van der Waals surface area contributed by atoms with Crippen molar-refractivity contribution in [1.82, 2.24) is 4.90 Å². The van der Waals surface area contributed by atoms with Crippen LogP contribution in [0.15, 0.2) is 48.2 Å². The summed E-state index contributed by atoms with van der Waals surface area (Å²) < 4.78 is 13.0. The fourth-order valence-corrected chi connectivity index (χ4v) is 2.64. The molecule has 0 bridgehead atoms. The topological polar surface area (TPSA) is 57.6 Å². The van der Waals surface area contributed by atoms with Crippen molar-refractivity contribution in [3.8, 4) is 0 Å². The Morgan fingerprint density at radius 2 is 1.62 bits per heavy atom. The second kappa shape index (κ2) is 5.92. The molecule has 2 aromatic carbocycles. The lowest BCUT2D eigenvalue weighted by Gasteiger charge is -2.14. The second-order valence-corrected chi connectivity index (χ2v) is 5.85. The molecule has 2 amide bonds. The summed E-state index contributed by atoms with van der Waals surface area (Å²) in [6.07, 6.45) is 0. The number of aryl methyl sites for hydroxylation is 2. The largest absolute Gasteiger partial charge is 0.502 e. The number of aliphatic hydroxyl groups is 1. The Labute approximate surface area is 138 Å². The van der Waals surface area contributed by atoms with Crippen LogP contribution in [0.25, 0.3) is 5.57 Å². The predicted molar refractivity (Wildman–Crippen MR) is 87.4 cm³/mol. The minimum Gasteiger partial charge on any atom is -0.502 e. The van der Waals surface area contributed by atoms with Gasteiger partial charge in [0, 0.05) is 0 Å². The molecule has 5 heteroatoms. The van der Waals surface area contributed by atoms with E-state index < -0.39 is 23.4 Å². The summed E-state index contributed by atoms with van der Waals surface area (Å²) in [6.45, 7) is 3.82. The van der Waals surface area contributed by atoms with E-state index in [9.17, 15) is 19.1 Å². The summed E-state index contributed by atoms with van der Waals surface area (Å²) in [5.74, 6) is -2.23. The molecule has 3 rings (SSSR count). The van der Waals surface area contributed by atoms with Gasteiger partial charge in [0.1, 0.15) is 5.82 Å². The Kier molecular flexibility index (Phi) is 3.93. The number of halogens is 1. The Balaban J connectivity index is 1.92.